The van der Waals surface area contributed by atoms with Gasteiger partial charge in [0, 0.05) is 11.1 Å². The second kappa shape index (κ2) is 13.2. The molecule has 0 saturated carbocycles. The summed E-state index contributed by atoms with van der Waals surface area (Å²) in [7, 11) is 0. The molecule has 0 radical (unpaired) electrons. The van der Waals surface area contributed by atoms with Crippen LogP contribution in [0, 0.1) is 0 Å². The van der Waals surface area contributed by atoms with Gasteiger partial charge in [0.25, 0.3) is 11.6 Å². The molecule has 0 aliphatic carbocycles. The average molecular weight is 472 g/mol. The van der Waals surface area contributed by atoms with Crippen molar-refractivity contribution in [3.8, 4) is 11.5 Å². The van der Waals surface area contributed by atoms with Gasteiger partial charge in [-0.1, -0.05) is 0 Å². The van der Waals surface area contributed by atoms with Gasteiger partial charge in [-0.2, -0.15) is 0 Å². The molecule has 180 valence electrons. The van der Waals surface area contributed by atoms with Crippen molar-refractivity contribution in [2.45, 2.75) is 0 Å². The highest BCUT2D eigenvalue weighted by Crippen LogP contribution is 2.22. The molecule has 0 spiro atoms. The monoisotopic (exact) mass is 472 g/mol. The van der Waals surface area contributed by atoms with E-state index >= 15 is 0 Å². The van der Waals surface area contributed by atoms with Gasteiger partial charge in [-0.15, -0.1) is 0 Å². The summed E-state index contributed by atoms with van der Waals surface area (Å²) in [6.07, 6.45) is 0. The van der Waals surface area contributed by atoms with E-state index in [0.717, 1.165) is 0 Å². The second-order valence-electron chi connectivity index (χ2n) is 6.92. The van der Waals surface area contributed by atoms with E-state index in [1.165, 1.54) is 48.5 Å². The quantitative estimate of drug-likeness (QED) is 0.415. The standard InChI is InChI=1S/C24H24O10/c25-21-17-1-5-19(6-2-17)34-20-7-3-18(4-8-20)22(26)24(28)33-16-14-31-12-10-29-9-11-30-13-15-32-23(21)27/h1-8H,9-16H2. The fourth-order valence-corrected chi connectivity index (χ4v) is 2.78. The van der Waals surface area contributed by atoms with E-state index in [4.69, 9.17) is 28.4 Å². The highest BCUT2D eigenvalue weighted by Gasteiger charge is 2.19. The molecule has 10 nitrogen and oxygen atoms in total. The Balaban J connectivity index is 1.64. The summed E-state index contributed by atoms with van der Waals surface area (Å²) < 4.78 is 31.4. The van der Waals surface area contributed by atoms with Crippen molar-refractivity contribution in [2.75, 3.05) is 52.9 Å². The van der Waals surface area contributed by atoms with Crippen molar-refractivity contribution in [2.24, 2.45) is 0 Å². The van der Waals surface area contributed by atoms with Crippen molar-refractivity contribution in [1.82, 2.24) is 0 Å². The van der Waals surface area contributed by atoms with Gasteiger partial charge >= 0.3 is 11.9 Å². The summed E-state index contributed by atoms with van der Waals surface area (Å²) in [5, 5.41) is 0. The van der Waals surface area contributed by atoms with Crippen LogP contribution in [0.1, 0.15) is 20.7 Å². The van der Waals surface area contributed by atoms with Crippen molar-refractivity contribution < 1.29 is 47.6 Å². The third kappa shape index (κ3) is 7.77. The Labute approximate surface area is 195 Å². The predicted octanol–water partition coefficient (Wildman–Crippen LogP) is 1.99. The fraction of sp³-hybridized carbons (Fsp3) is 0.333. The van der Waals surface area contributed by atoms with Crippen LogP contribution in [-0.2, 0) is 33.3 Å². The van der Waals surface area contributed by atoms with Gasteiger partial charge in [0.2, 0.25) is 0 Å². The Morgan fingerprint density at radius 1 is 0.441 bits per heavy atom. The molecule has 0 saturated heterocycles. The van der Waals surface area contributed by atoms with Gasteiger partial charge < -0.3 is 28.4 Å². The number of ketones is 2. The topological polar surface area (TPSA) is 124 Å². The fourth-order valence-electron chi connectivity index (χ4n) is 2.78. The van der Waals surface area contributed by atoms with E-state index in [-0.39, 0.29) is 50.8 Å². The number of carbonyl (C=O) groups is 4. The summed E-state index contributed by atoms with van der Waals surface area (Å²) in [6.45, 7) is 1.25. The zero-order chi connectivity index (χ0) is 24.2. The number of esters is 2. The normalized spacial score (nSPS) is 17.6. The SMILES string of the molecule is O=C1OCCOCCOCCOCCOC(=O)C(=O)c2ccc(cc2)Oc2ccc(cc2)C1=O. The first-order valence-corrected chi connectivity index (χ1v) is 10.6. The third-order valence-electron chi connectivity index (χ3n) is 4.51. The third-order valence-corrected chi connectivity index (χ3v) is 4.51. The number of hydrogen-bond donors (Lipinski definition) is 0. The predicted molar refractivity (Wildman–Crippen MR) is 116 cm³/mol. The minimum Gasteiger partial charge on any atom is -0.457 e. The lowest BCUT2D eigenvalue weighted by Gasteiger charge is -2.09. The summed E-state index contributed by atoms with van der Waals surface area (Å²) in [5.41, 5.74) is 0.296. The molecule has 2 aromatic carbocycles. The number of Topliss-reactive ketones (excluding diaryl/α,β-unsaturated/α-hetero) is 2. The number of hydrogen-bond acceptors (Lipinski definition) is 10. The lowest BCUT2D eigenvalue weighted by molar-refractivity contribution is -0.140. The molecule has 0 atom stereocenters. The number of ether oxygens (including phenoxy) is 6. The van der Waals surface area contributed by atoms with Gasteiger partial charge in [0.1, 0.15) is 24.7 Å². The maximum atomic E-state index is 12.2. The van der Waals surface area contributed by atoms with Crippen molar-refractivity contribution in [3.05, 3.63) is 59.7 Å². The first-order chi connectivity index (χ1) is 16.5. The van der Waals surface area contributed by atoms with Crippen LogP contribution in [0.15, 0.2) is 48.5 Å². The minimum absolute atomic E-state index is 0.0634. The minimum atomic E-state index is -0.981. The average Bonchev–Trinajstić information content (AvgIpc) is 2.86. The van der Waals surface area contributed by atoms with Crippen LogP contribution in [0.2, 0.25) is 0 Å². The number of benzene rings is 2. The lowest BCUT2D eigenvalue weighted by atomic mass is 10.1. The molecular formula is C24H24O10. The van der Waals surface area contributed by atoms with Gasteiger partial charge in [-0.25, -0.2) is 9.59 Å². The van der Waals surface area contributed by atoms with E-state index in [0.29, 0.717) is 24.7 Å². The Hall–Kier alpha value is -3.60. The van der Waals surface area contributed by atoms with Crippen molar-refractivity contribution in [1.29, 1.82) is 0 Å². The Morgan fingerprint density at radius 2 is 0.765 bits per heavy atom. The zero-order valence-corrected chi connectivity index (χ0v) is 18.4. The van der Waals surface area contributed by atoms with Gasteiger partial charge in [0.15, 0.2) is 0 Å². The molecule has 3 aliphatic rings. The molecule has 0 fully saturated rings. The Kier molecular flexibility index (Phi) is 9.71. The molecule has 10 heteroatoms. The molecule has 0 aromatic heterocycles. The largest absolute Gasteiger partial charge is 0.457 e. The van der Waals surface area contributed by atoms with Crippen LogP contribution in [0.4, 0.5) is 0 Å². The number of rotatable bonds is 0. The molecular weight excluding hydrogens is 448 g/mol. The summed E-state index contributed by atoms with van der Waals surface area (Å²) in [6, 6.07) is 11.8. The molecule has 34 heavy (non-hydrogen) atoms. The first kappa shape index (κ1) is 25.0. The first-order valence-electron chi connectivity index (χ1n) is 10.6. The number of fused-ring (bicyclic) bond motifs is 2. The second-order valence-corrected chi connectivity index (χ2v) is 6.92. The summed E-state index contributed by atoms with van der Waals surface area (Å²) in [5.74, 6) is -2.73. The molecule has 5 rings (SSSR count). The molecule has 3 aliphatic heterocycles. The molecule has 4 bridgehead atoms. The molecule has 0 unspecified atom stereocenters. The van der Waals surface area contributed by atoms with Crippen molar-refractivity contribution >= 4 is 23.5 Å². The highest BCUT2D eigenvalue weighted by molar-refractivity contribution is 6.41. The van der Waals surface area contributed by atoms with Crippen LogP contribution in [-0.4, -0.2) is 76.4 Å². The smallest absolute Gasteiger partial charge is 0.379 e. The Morgan fingerprint density at radius 3 is 1.12 bits per heavy atom. The van der Waals surface area contributed by atoms with Crippen LogP contribution in [0.25, 0.3) is 0 Å². The van der Waals surface area contributed by atoms with Crippen LogP contribution >= 0.6 is 0 Å². The van der Waals surface area contributed by atoms with E-state index in [1.807, 2.05) is 0 Å². The summed E-state index contributed by atoms with van der Waals surface area (Å²) >= 11 is 0. The van der Waals surface area contributed by atoms with Gasteiger partial charge in [-0.05, 0) is 48.5 Å². The van der Waals surface area contributed by atoms with Crippen LogP contribution in [0.5, 0.6) is 11.5 Å². The lowest BCUT2D eigenvalue weighted by Crippen LogP contribution is -2.21. The summed E-state index contributed by atoms with van der Waals surface area (Å²) in [4.78, 5) is 48.3. The highest BCUT2D eigenvalue weighted by atomic mass is 16.6. The van der Waals surface area contributed by atoms with E-state index in [1.54, 1.807) is 0 Å². The zero-order valence-electron chi connectivity index (χ0n) is 18.4. The van der Waals surface area contributed by atoms with E-state index in [2.05, 4.69) is 0 Å². The molecule has 2 aromatic rings. The molecule has 0 amide bonds. The van der Waals surface area contributed by atoms with Gasteiger partial charge in [-0.3, -0.25) is 9.59 Å². The molecule has 0 N–H and O–H groups in total. The maximum Gasteiger partial charge on any atom is 0.379 e. The Bertz CT molecular complexity index is 902. The van der Waals surface area contributed by atoms with E-state index in [9.17, 15) is 19.2 Å². The number of carbonyl (C=O) groups excluding carboxylic acids is 4. The van der Waals surface area contributed by atoms with Crippen LogP contribution < -0.4 is 4.74 Å². The van der Waals surface area contributed by atoms with Crippen LogP contribution in [0.3, 0.4) is 0 Å². The molecule has 3 heterocycles. The maximum absolute atomic E-state index is 12.2. The van der Waals surface area contributed by atoms with E-state index < -0.39 is 23.5 Å². The van der Waals surface area contributed by atoms with Crippen molar-refractivity contribution in [3.63, 3.8) is 0 Å². The van der Waals surface area contributed by atoms with Gasteiger partial charge in [0.05, 0.1) is 39.6 Å².